The highest BCUT2D eigenvalue weighted by Gasteiger charge is 2.49. The number of H-pyrrole nitrogens is 1. The number of carbonyl (C=O) groups is 3. The number of nitrogens with one attached hydrogen (secondary N) is 2. The van der Waals surface area contributed by atoms with Gasteiger partial charge in [-0.05, 0) is 59.9 Å². The van der Waals surface area contributed by atoms with Gasteiger partial charge in [0.2, 0.25) is 17.7 Å². The highest BCUT2D eigenvalue weighted by Crippen LogP contribution is 2.36. The standard InChI is InChI=1S/C28H33N5O3/c1-16(2)11-23-26(34)30-24(20-12-17-7-5-6-8-18(17)13-20)27(35)33(23)25(28(36)32(3)4)19-9-10-22-21(14-19)15-29-31-22/h5-10,14-16,20,23-25H,11-13H2,1-4H3,(H,29,31)(H,30,34). The largest absolute Gasteiger partial charge is 0.347 e. The van der Waals surface area contributed by atoms with E-state index < -0.39 is 18.1 Å². The maximum Gasteiger partial charge on any atom is 0.249 e. The fourth-order valence-electron chi connectivity index (χ4n) is 5.67. The lowest BCUT2D eigenvalue weighted by Gasteiger charge is -2.45. The van der Waals surface area contributed by atoms with Crippen molar-refractivity contribution in [1.82, 2.24) is 25.3 Å². The van der Waals surface area contributed by atoms with E-state index in [9.17, 15) is 14.4 Å². The fourth-order valence-corrected chi connectivity index (χ4v) is 5.67. The number of carbonyl (C=O) groups excluding carboxylic acids is 3. The van der Waals surface area contributed by atoms with Gasteiger partial charge in [-0.1, -0.05) is 44.2 Å². The van der Waals surface area contributed by atoms with E-state index >= 15 is 0 Å². The van der Waals surface area contributed by atoms with E-state index in [1.807, 2.05) is 44.2 Å². The maximum atomic E-state index is 14.3. The first-order valence-corrected chi connectivity index (χ1v) is 12.6. The summed E-state index contributed by atoms with van der Waals surface area (Å²) in [6.45, 7) is 4.05. The molecule has 8 nitrogen and oxygen atoms in total. The molecule has 2 N–H and O–H groups in total. The third-order valence-electron chi connectivity index (χ3n) is 7.44. The van der Waals surface area contributed by atoms with Crippen LogP contribution in [0.4, 0.5) is 0 Å². The van der Waals surface area contributed by atoms with Crippen LogP contribution < -0.4 is 5.32 Å². The molecular formula is C28H33N5O3. The number of benzene rings is 2. The van der Waals surface area contributed by atoms with E-state index in [0.29, 0.717) is 12.0 Å². The molecule has 0 saturated carbocycles. The predicted octanol–water partition coefficient (Wildman–Crippen LogP) is 2.85. The summed E-state index contributed by atoms with van der Waals surface area (Å²) in [4.78, 5) is 44.6. The van der Waals surface area contributed by atoms with Gasteiger partial charge in [-0.3, -0.25) is 19.5 Å². The van der Waals surface area contributed by atoms with Crippen LogP contribution in [0.3, 0.4) is 0 Å². The van der Waals surface area contributed by atoms with Gasteiger partial charge in [0.1, 0.15) is 18.1 Å². The Morgan fingerprint density at radius 3 is 2.44 bits per heavy atom. The van der Waals surface area contributed by atoms with Gasteiger partial charge in [-0.2, -0.15) is 5.10 Å². The number of aromatic amines is 1. The molecule has 1 aliphatic carbocycles. The maximum absolute atomic E-state index is 14.3. The molecule has 0 spiro atoms. The Morgan fingerprint density at radius 1 is 1.11 bits per heavy atom. The molecule has 36 heavy (non-hydrogen) atoms. The lowest BCUT2D eigenvalue weighted by Crippen LogP contribution is -2.67. The predicted molar refractivity (Wildman–Crippen MR) is 137 cm³/mol. The summed E-state index contributed by atoms with van der Waals surface area (Å²) in [5.41, 5.74) is 3.95. The second kappa shape index (κ2) is 9.41. The molecule has 0 bridgehead atoms. The van der Waals surface area contributed by atoms with Crippen LogP contribution in [-0.2, 0) is 27.2 Å². The van der Waals surface area contributed by atoms with E-state index in [-0.39, 0.29) is 29.6 Å². The Balaban J connectivity index is 1.57. The number of nitrogens with zero attached hydrogens (tertiary/aromatic N) is 3. The highest BCUT2D eigenvalue weighted by atomic mass is 16.2. The monoisotopic (exact) mass is 487 g/mol. The molecular weight excluding hydrogens is 454 g/mol. The van der Waals surface area contributed by atoms with E-state index in [4.69, 9.17) is 0 Å². The van der Waals surface area contributed by atoms with E-state index in [1.165, 1.54) is 16.0 Å². The quantitative estimate of drug-likeness (QED) is 0.559. The number of piperazine rings is 1. The van der Waals surface area contributed by atoms with Gasteiger partial charge in [-0.25, -0.2) is 0 Å². The van der Waals surface area contributed by atoms with Crippen molar-refractivity contribution in [2.45, 2.75) is 51.2 Å². The van der Waals surface area contributed by atoms with Gasteiger partial charge < -0.3 is 15.1 Å². The van der Waals surface area contributed by atoms with Crippen molar-refractivity contribution in [3.8, 4) is 0 Å². The smallest absolute Gasteiger partial charge is 0.249 e. The lowest BCUT2D eigenvalue weighted by atomic mass is 9.87. The van der Waals surface area contributed by atoms with Crippen molar-refractivity contribution >= 4 is 28.6 Å². The molecule has 3 aromatic rings. The molecule has 0 radical (unpaired) electrons. The first-order valence-electron chi connectivity index (χ1n) is 12.6. The van der Waals surface area contributed by atoms with Crippen LogP contribution in [-0.4, -0.2) is 63.9 Å². The topological polar surface area (TPSA) is 98.4 Å². The Hall–Kier alpha value is -3.68. The second-order valence-corrected chi connectivity index (χ2v) is 10.7. The van der Waals surface area contributed by atoms with Crippen LogP contribution in [0.15, 0.2) is 48.7 Å². The molecule has 1 saturated heterocycles. The van der Waals surface area contributed by atoms with E-state index in [0.717, 1.165) is 23.7 Å². The van der Waals surface area contributed by atoms with Crippen molar-refractivity contribution in [1.29, 1.82) is 0 Å². The normalized spacial score (nSPS) is 21.1. The molecule has 188 valence electrons. The Kier molecular flexibility index (Phi) is 6.28. The molecule has 1 fully saturated rings. The zero-order valence-electron chi connectivity index (χ0n) is 21.2. The molecule has 5 rings (SSSR count). The number of hydrogen-bond acceptors (Lipinski definition) is 4. The third-order valence-corrected chi connectivity index (χ3v) is 7.44. The molecule has 2 heterocycles. The molecule has 8 heteroatoms. The minimum atomic E-state index is -0.909. The van der Waals surface area contributed by atoms with Gasteiger partial charge in [-0.15, -0.1) is 0 Å². The van der Waals surface area contributed by atoms with Gasteiger partial charge >= 0.3 is 0 Å². The SMILES string of the molecule is CC(C)CC1C(=O)NC(C2Cc3ccccc3C2)C(=O)N1C(C(=O)N(C)C)c1ccc2[nH]ncc2c1. The number of hydrogen-bond donors (Lipinski definition) is 2. The van der Waals surface area contributed by atoms with Crippen LogP contribution in [0.2, 0.25) is 0 Å². The van der Waals surface area contributed by atoms with Crippen molar-refractivity contribution in [2.24, 2.45) is 11.8 Å². The lowest BCUT2D eigenvalue weighted by molar-refractivity contribution is -0.159. The van der Waals surface area contributed by atoms with Gasteiger partial charge in [0.05, 0.1) is 11.7 Å². The Morgan fingerprint density at radius 2 is 1.81 bits per heavy atom. The zero-order chi connectivity index (χ0) is 25.6. The second-order valence-electron chi connectivity index (χ2n) is 10.7. The average molecular weight is 488 g/mol. The summed E-state index contributed by atoms with van der Waals surface area (Å²) in [5.74, 6) is -0.499. The van der Waals surface area contributed by atoms with Gasteiger partial charge in [0.25, 0.3) is 0 Å². The molecule has 3 amide bonds. The van der Waals surface area contributed by atoms with E-state index in [1.54, 1.807) is 25.2 Å². The number of likely N-dealkylation sites (N-methyl/N-ethyl adjacent to an activating group) is 1. The Bertz CT molecular complexity index is 1290. The molecule has 2 aromatic carbocycles. The number of rotatable bonds is 6. The summed E-state index contributed by atoms with van der Waals surface area (Å²) < 4.78 is 0. The summed E-state index contributed by atoms with van der Waals surface area (Å²) in [6.07, 6.45) is 3.62. The highest BCUT2D eigenvalue weighted by molar-refractivity contribution is 6.00. The number of aromatic nitrogens is 2. The molecule has 3 unspecified atom stereocenters. The minimum Gasteiger partial charge on any atom is -0.347 e. The van der Waals surface area contributed by atoms with E-state index in [2.05, 4.69) is 27.6 Å². The third kappa shape index (κ3) is 4.25. The van der Waals surface area contributed by atoms with Crippen molar-refractivity contribution in [3.05, 3.63) is 65.4 Å². The van der Waals surface area contributed by atoms with Gasteiger partial charge in [0.15, 0.2) is 0 Å². The van der Waals surface area contributed by atoms with Gasteiger partial charge in [0, 0.05) is 19.5 Å². The summed E-state index contributed by atoms with van der Waals surface area (Å²) in [6, 6.07) is 11.5. The summed E-state index contributed by atoms with van der Waals surface area (Å²) in [5, 5.41) is 10.9. The Labute approximate surface area is 211 Å². The van der Waals surface area contributed by atoms with Crippen molar-refractivity contribution in [2.75, 3.05) is 14.1 Å². The number of fused-ring (bicyclic) bond motifs is 2. The van der Waals surface area contributed by atoms with Crippen LogP contribution in [0.5, 0.6) is 0 Å². The fraction of sp³-hybridized carbons (Fsp3) is 0.429. The first kappa shape index (κ1) is 24.0. The van der Waals surface area contributed by atoms with Crippen molar-refractivity contribution < 1.29 is 14.4 Å². The minimum absolute atomic E-state index is 0.0483. The van der Waals surface area contributed by atoms with Crippen LogP contribution in [0.1, 0.15) is 43.0 Å². The zero-order valence-corrected chi connectivity index (χ0v) is 21.2. The molecule has 2 aliphatic rings. The van der Waals surface area contributed by atoms with Crippen LogP contribution in [0.25, 0.3) is 10.9 Å². The van der Waals surface area contributed by atoms with Crippen molar-refractivity contribution in [3.63, 3.8) is 0 Å². The molecule has 1 aromatic heterocycles. The number of amides is 3. The average Bonchev–Trinajstić information content (AvgIpc) is 3.49. The van der Waals surface area contributed by atoms with Crippen LogP contribution in [0, 0.1) is 11.8 Å². The molecule has 1 aliphatic heterocycles. The summed E-state index contributed by atoms with van der Waals surface area (Å²) >= 11 is 0. The van der Waals surface area contributed by atoms with Crippen LogP contribution >= 0.6 is 0 Å². The summed E-state index contributed by atoms with van der Waals surface area (Å²) in [7, 11) is 3.37. The first-order chi connectivity index (χ1) is 17.2. The molecule has 3 atom stereocenters.